The van der Waals surface area contributed by atoms with Gasteiger partial charge < -0.3 is 0 Å². The third-order valence-electron chi connectivity index (χ3n) is 7.44. The van der Waals surface area contributed by atoms with Crippen LogP contribution in [0, 0.1) is 25.7 Å². The molecule has 31 heavy (non-hydrogen) atoms. The summed E-state index contributed by atoms with van der Waals surface area (Å²) in [4.78, 5) is 0. The monoisotopic (exact) mass is 414 g/mol. The molecular formula is C31H42. The molecule has 2 fully saturated rings. The van der Waals surface area contributed by atoms with E-state index >= 15 is 0 Å². The van der Waals surface area contributed by atoms with E-state index in [0.29, 0.717) is 0 Å². The maximum atomic E-state index is 3.89. The van der Waals surface area contributed by atoms with Gasteiger partial charge in [-0.15, -0.1) is 6.58 Å². The third-order valence-corrected chi connectivity index (χ3v) is 7.44. The van der Waals surface area contributed by atoms with Gasteiger partial charge in [-0.2, -0.15) is 0 Å². The van der Waals surface area contributed by atoms with Crippen LogP contribution in [0.25, 0.3) is 0 Å². The van der Waals surface area contributed by atoms with Crippen molar-refractivity contribution in [2.45, 2.75) is 84.0 Å². The zero-order chi connectivity index (χ0) is 22.1. The fraction of sp³-hybridized carbons (Fsp3) is 0.484. The Morgan fingerprint density at radius 1 is 0.613 bits per heavy atom. The van der Waals surface area contributed by atoms with Gasteiger partial charge in [-0.05, 0) is 107 Å². The molecule has 2 aliphatic rings. The highest BCUT2D eigenvalue weighted by molar-refractivity contribution is 5.26. The minimum atomic E-state index is 0.770. The van der Waals surface area contributed by atoms with E-state index in [0.717, 1.165) is 23.7 Å². The molecule has 0 spiro atoms. The van der Waals surface area contributed by atoms with Crippen molar-refractivity contribution in [1.82, 2.24) is 0 Å². The largest absolute Gasteiger partial charge is 0.103 e. The molecule has 0 nitrogen and oxygen atoms in total. The molecule has 0 aliphatic heterocycles. The standard InChI is InChI=1S/C16H22.C15H20/c1-3-4-14-7-11-16(12-8-14)15-9-5-13(2)6-10-15;1-3-13-6-10-15(11-7-13)14-8-4-12(2)5-9-14/h3-6,9-10,14,16H,7-8,11-12H2,1-2H3;3-5,8-9,13,15H,1,6-7,10-11H2,2H3/b4-3+;. The zero-order valence-corrected chi connectivity index (χ0v) is 20.0. The maximum absolute atomic E-state index is 3.89. The highest BCUT2D eigenvalue weighted by atomic mass is 14.3. The minimum Gasteiger partial charge on any atom is -0.103 e. The first-order valence-electron chi connectivity index (χ1n) is 12.5. The van der Waals surface area contributed by atoms with Crippen LogP contribution in [0.15, 0.2) is 73.3 Å². The predicted octanol–water partition coefficient (Wildman–Crippen LogP) is 9.30. The highest BCUT2D eigenvalue weighted by Gasteiger charge is 2.21. The molecule has 0 unspecified atom stereocenters. The van der Waals surface area contributed by atoms with Gasteiger partial charge in [-0.1, -0.05) is 77.9 Å². The van der Waals surface area contributed by atoms with Gasteiger partial charge in [0, 0.05) is 0 Å². The third kappa shape index (κ3) is 7.23. The minimum absolute atomic E-state index is 0.770. The predicted molar refractivity (Wildman–Crippen MR) is 137 cm³/mol. The van der Waals surface area contributed by atoms with Crippen LogP contribution in [-0.2, 0) is 0 Å². The quantitative estimate of drug-likeness (QED) is 0.437. The van der Waals surface area contributed by atoms with Gasteiger partial charge in [0.2, 0.25) is 0 Å². The van der Waals surface area contributed by atoms with Crippen LogP contribution in [0.3, 0.4) is 0 Å². The SMILES string of the molecule is C/C=C/C1CCC(c2ccc(C)cc2)CC1.C=CC1CCC(c2ccc(C)cc2)CC1. The average Bonchev–Trinajstić information content (AvgIpc) is 2.81. The Morgan fingerprint density at radius 2 is 1.00 bits per heavy atom. The van der Waals surface area contributed by atoms with Crippen molar-refractivity contribution in [3.8, 4) is 0 Å². The summed E-state index contributed by atoms with van der Waals surface area (Å²) in [5.41, 5.74) is 5.80. The van der Waals surface area contributed by atoms with Crippen molar-refractivity contribution >= 4 is 0 Å². The van der Waals surface area contributed by atoms with Gasteiger partial charge in [0.1, 0.15) is 0 Å². The second kappa shape index (κ2) is 12.1. The Kier molecular flexibility index (Phi) is 9.19. The van der Waals surface area contributed by atoms with E-state index in [1.54, 1.807) is 5.56 Å². The van der Waals surface area contributed by atoms with E-state index in [-0.39, 0.29) is 0 Å². The first-order chi connectivity index (χ1) is 15.1. The number of allylic oxidation sites excluding steroid dienone is 3. The molecule has 2 aliphatic carbocycles. The first-order valence-corrected chi connectivity index (χ1v) is 12.5. The van der Waals surface area contributed by atoms with Crippen LogP contribution in [0.2, 0.25) is 0 Å². The van der Waals surface area contributed by atoms with Crippen LogP contribution in [0.5, 0.6) is 0 Å². The Morgan fingerprint density at radius 3 is 1.35 bits per heavy atom. The van der Waals surface area contributed by atoms with E-state index in [2.05, 4.69) is 94.1 Å². The molecule has 0 saturated heterocycles. The maximum Gasteiger partial charge on any atom is -0.0162 e. The molecule has 0 radical (unpaired) electrons. The van der Waals surface area contributed by atoms with E-state index < -0.39 is 0 Å². The summed E-state index contributed by atoms with van der Waals surface area (Å²) in [5.74, 6) is 3.21. The van der Waals surface area contributed by atoms with Crippen molar-refractivity contribution in [3.05, 3.63) is 95.6 Å². The first kappa shape index (κ1) is 23.6. The summed E-state index contributed by atoms with van der Waals surface area (Å²) < 4.78 is 0. The highest BCUT2D eigenvalue weighted by Crippen LogP contribution is 2.37. The Labute approximate surface area is 191 Å². The molecular weight excluding hydrogens is 372 g/mol. The number of hydrogen-bond acceptors (Lipinski definition) is 0. The summed E-state index contributed by atoms with van der Waals surface area (Å²) in [6.07, 6.45) is 17.5. The summed E-state index contributed by atoms with van der Waals surface area (Å²) in [5, 5.41) is 0. The number of aryl methyl sites for hydroxylation is 2. The lowest BCUT2D eigenvalue weighted by Crippen LogP contribution is -2.11. The van der Waals surface area contributed by atoms with Gasteiger partial charge in [0.15, 0.2) is 0 Å². The smallest absolute Gasteiger partial charge is 0.0162 e. The lowest BCUT2D eigenvalue weighted by Gasteiger charge is -2.27. The molecule has 0 aromatic heterocycles. The summed E-state index contributed by atoms with van der Waals surface area (Å²) in [6.45, 7) is 10.3. The molecule has 2 aromatic carbocycles. The molecule has 4 rings (SSSR count). The number of rotatable bonds is 4. The van der Waals surface area contributed by atoms with E-state index in [1.807, 2.05) is 0 Å². The molecule has 0 heteroatoms. The van der Waals surface area contributed by atoms with Crippen molar-refractivity contribution in [2.24, 2.45) is 11.8 Å². The van der Waals surface area contributed by atoms with Crippen LogP contribution in [0.4, 0.5) is 0 Å². The second-order valence-corrected chi connectivity index (χ2v) is 9.81. The Hall–Kier alpha value is -2.08. The van der Waals surface area contributed by atoms with Crippen LogP contribution < -0.4 is 0 Å². The fourth-order valence-electron chi connectivity index (χ4n) is 5.28. The van der Waals surface area contributed by atoms with E-state index in [9.17, 15) is 0 Å². The molecule has 0 amide bonds. The molecule has 2 aromatic rings. The average molecular weight is 415 g/mol. The van der Waals surface area contributed by atoms with Crippen molar-refractivity contribution in [3.63, 3.8) is 0 Å². The Balaban J connectivity index is 0.000000176. The molecule has 0 atom stereocenters. The molecule has 166 valence electrons. The molecule has 2 saturated carbocycles. The topological polar surface area (TPSA) is 0 Å². The van der Waals surface area contributed by atoms with Crippen molar-refractivity contribution in [2.75, 3.05) is 0 Å². The van der Waals surface area contributed by atoms with Gasteiger partial charge in [-0.25, -0.2) is 0 Å². The van der Waals surface area contributed by atoms with Crippen molar-refractivity contribution < 1.29 is 0 Å². The fourth-order valence-corrected chi connectivity index (χ4v) is 5.28. The molecule has 0 heterocycles. The van der Waals surface area contributed by atoms with E-state index in [4.69, 9.17) is 0 Å². The van der Waals surface area contributed by atoms with Crippen LogP contribution in [0.1, 0.15) is 92.4 Å². The lowest BCUT2D eigenvalue weighted by atomic mass is 9.78. The number of hydrogen-bond donors (Lipinski definition) is 0. The van der Waals surface area contributed by atoms with Gasteiger partial charge in [0.05, 0.1) is 0 Å². The van der Waals surface area contributed by atoms with Gasteiger partial charge in [-0.3, -0.25) is 0 Å². The summed E-state index contributed by atoms with van der Waals surface area (Å²) in [7, 11) is 0. The van der Waals surface area contributed by atoms with E-state index in [1.165, 1.54) is 68.1 Å². The zero-order valence-electron chi connectivity index (χ0n) is 20.0. The van der Waals surface area contributed by atoms with Gasteiger partial charge >= 0.3 is 0 Å². The Bertz CT molecular complexity index is 792. The van der Waals surface area contributed by atoms with Crippen molar-refractivity contribution in [1.29, 1.82) is 0 Å². The summed E-state index contributed by atoms with van der Waals surface area (Å²) >= 11 is 0. The number of benzene rings is 2. The lowest BCUT2D eigenvalue weighted by molar-refractivity contribution is 0.375. The van der Waals surface area contributed by atoms with Gasteiger partial charge in [0.25, 0.3) is 0 Å². The summed E-state index contributed by atoms with van der Waals surface area (Å²) in [6, 6.07) is 18.2. The van der Waals surface area contributed by atoms with Crippen LogP contribution >= 0.6 is 0 Å². The normalized spacial score (nSPS) is 26.2. The second-order valence-electron chi connectivity index (χ2n) is 9.81. The molecule has 0 N–H and O–H groups in total. The van der Waals surface area contributed by atoms with Crippen LogP contribution in [-0.4, -0.2) is 0 Å². The molecule has 0 bridgehead atoms.